The van der Waals surface area contributed by atoms with Gasteiger partial charge in [-0.15, -0.1) is 0 Å². The van der Waals surface area contributed by atoms with Crippen LogP contribution in [0.2, 0.25) is 0 Å². The highest BCUT2D eigenvalue weighted by atomic mass is 16.5. The van der Waals surface area contributed by atoms with E-state index in [0.717, 1.165) is 25.2 Å². The van der Waals surface area contributed by atoms with Crippen LogP contribution in [0.1, 0.15) is 0 Å². The Kier molecular flexibility index (Phi) is 2.89. The molecule has 1 fully saturated rings. The molecule has 17 heavy (non-hydrogen) atoms. The van der Waals surface area contributed by atoms with Crippen LogP contribution in [-0.4, -0.2) is 47.0 Å². The summed E-state index contributed by atoms with van der Waals surface area (Å²) < 4.78 is 13.0. The number of ether oxygens (including phenoxy) is 2. The molecule has 90 valence electrons. The monoisotopic (exact) mass is 234 g/mol. The Morgan fingerprint density at radius 3 is 3.41 bits per heavy atom. The van der Waals surface area contributed by atoms with Gasteiger partial charge in [0.1, 0.15) is 18.2 Å². The van der Waals surface area contributed by atoms with Gasteiger partial charge in [-0.25, -0.2) is 9.50 Å². The van der Waals surface area contributed by atoms with E-state index in [9.17, 15) is 0 Å². The lowest BCUT2D eigenvalue weighted by atomic mass is 10.3. The Labute approximate surface area is 98.6 Å². The highest BCUT2D eigenvalue weighted by Gasteiger charge is 2.15. The smallest absolute Gasteiger partial charge is 0.240 e. The number of aromatic nitrogens is 3. The van der Waals surface area contributed by atoms with Crippen molar-refractivity contribution < 1.29 is 9.47 Å². The standard InChI is InChI=1S/C11H14N4O2/c1-2-14-15-5-3-13-11(10(1)15)17-8-9-7-12-4-6-16-9/h1-3,5,9,12H,4,6-8H2. The van der Waals surface area contributed by atoms with E-state index < -0.39 is 0 Å². The van der Waals surface area contributed by atoms with Gasteiger partial charge < -0.3 is 14.8 Å². The zero-order valence-electron chi connectivity index (χ0n) is 9.37. The fourth-order valence-electron chi connectivity index (χ4n) is 1.84. The van der Waals surface area contributed by atoms with E-state index in [2.05, 4.69) is 15.4 Å². The van der Waals surface area contributed by atoms with Gasteiger partial charge in [-0.2, -0.15) is 5.10 Å². The molecule has 1 aliphatic heterocycles. The Morgan fingerprint density at radius 1 is 1.53 bits per heavy atom. The molecule has 0 aromatic carbocycles. The Bertz CT molecular complexity index is 493. The second kappa shape index (κ2) is 4.68. The molecular weight excluding hydrogens is 220 g/mol. The maximum Gasteiger partial charge on any atom is 0.240 e. The van der Waals surface area contributed by atoms with Crippen LogP contribution < -0.4 is 10.1 Å². The van der Waals surface area contributed by atoms with Crippen LogP contribution in [0, 0.1) is 0 Å². The molecule has 0 aliphatic carbocycles. The number of nitrogens with one attached hydrogen (secondary N) is 1. The molecule has 0 amide bonds. The molecule has 6 heteroatoms. The Hall–Kier alpha value is -1.66. The van der Waals surface area contributed by atoms with Crippen molar-refractivity contribution in [3.8, 4) is 5.88 Å². The lowest BCUT2D eigenvalue weighted by Gasteiger charge is -2.23. The highest BCUT2D eigenvalue weighted by molar-refractivity contribution is 5.54. The summed E-state index contributed by atoms with van der Waals surface area (Å²) in [7, 11) is 0. The van der Waals surface area contributed by atoms with Crippen LogP contribution in [0.25, 0.3) is 5.52 Å². The molecule has 1 saturated heterocycles. The zero-order valence-corrected chi connectivity index (χ0v) is 9.37. The summed E-state index contributed by atoms with van der Waals surface area (Å²) in [5.41, 5.74) is 0.872. The minimum atomic E-state index is 0.0914. The molecule has 0 bridgehead atoms. The summed E-state index contributed by atoms with van der Waals surface area (Å²) in [5, 5.41) is 7.39. The quantitative estimate of drug-likeness (QED) is 0.816. The van der Waals surface area contributed by atoms with Gasteiger partial charge in [-0.05, 0) is 6.07 Å². The lowest BCUT2D eigenvalue weighted by Crippen LogP contribution is -2.41. The molecule has 1 unspecified atom stereocenters. The molecule has 3 rings (SSSR count). The topological polar surface area (TPSA) is 60.7 Å². The molecule has 2 aromatic heterocycles. The van der Waals surface area contributed by atoms with E-state index in [0.29, 0.717) is 12.5 Å². The van der Waals surface area contributed by atoms with E-state index in [1.165, 1.54) is 0 Å². The van der Waals surface area contributed by atoms with Crippen molar-refractivity contribution in [2.45, 2.75) is 6.10 Å². The van der Waals surface area contributed by atoms with Gasteiger partial charge in [0.05, 0.1) is 12.8 Å². The minimum Gasteiger partial charge on any atom is -0.473 e. The normalized spacial score (nSPS) is 20.6. The number of hydrogen-bond acceptors (Lipinski definition) is 5. The number of fused-ring (bicyclic) bond motifs is 1. The van der Waals surface area contributed by atoms with Crippen LogP contribution in [0.5, 0.6) is 5.88 Å². The predicted octanol–water partition coefficient (Wildman–Crippen LogP) is 0.0965. The molecule has 6 nitrogen and oxygen atoms in total. The fourth-order valence-corrected chi connectivity index (χ4v) is 1.84. The number of morpholine rings is 1. The molecule has 0 spiro atoms. The van der Waals surface area contributed by atoms with E-state index in [-0.39, 0.29) is 6.10 Å². The van der Waals surface area contributed by atoms with Crippen LogP contribution in [0.15, 0.2) is 24.7 Å². The van der Waals surface area contributed by atoms with Crippen molar-refractivity contribution in [1.29, 1.82) is 0 Å². The van der Waals surface area contributed by atoms with Crippen molar-refractivity contribution in [2.75, 3.05) is 26.3 Å². The largest absolute Gasteiger partial charge is 0.473 e. The Morgan fingerprint density at radius 2 is 2.53 bits per heavy atom. The summed E-state index contributed by atoms with van der Waals surface area (Å²) in [6.07, 6.45) is 5.28. The first-order valence-corrected chi connectivity index (χ1v) is 5.67. The maximum absolute atomic E-state index is 5.68. The summed E-state index contributed by atoms with van der Waals surface area (Å²) in [5.74, 6) is 0.596. The fraction of sp³-hybridized carbons (Fsp3) is 0.455. The molecule has 3 heterocycles. The molecule has 0 radical (unpaired) electrons. The maximum atomic E-state index is 5.68. The van der Waals surface area contributed by atoms with Crippen molar-refractivity contribution >= 4 is 5.52 Å². The molecule has 0 saturated carbocycles. The average molecular weight is 234 g/mol. The number of rotatable bonds is 3. The first-order chi connectivity index (χ1) is 8.43. The highest BCUT2D eigenvalue weighted by Crippen LogP contribution is 2.15. The lowest BCUT2D eigenvalue weighted by molar-refractivity contribution is -0.000477. The number of nitrogens with zero attached hydrogens (tertiary/aromatic N) is 3. The van der Waals surface area contributed by atoms with E-state index in [1.807, 2.05) is 6.07 Å². The van der Waals surface area contributed by atoms with Gasteiger partial charge in [0.25, 0.3) is 0 Å². The third kappa shape index (κ3) is 2.22. The van der Waals surface area contributed by atoms with Crippen LogP contribution in [0.4, 0.5) is 0 Å². The third-order valence-corrected chi connectivity index (χ3v) is 2.70. The summed E-state index contributed by atoms with van der Waals surface area (Å²) >= 11 is 0. The van der Waals surface area contributed by atoms with Crippen molar-refractivity contribution in [1.82, 2.24) is 19.9 Å². The van der Waals surface area contributed by atoms with Gasteiger partial charge in [-0.3, -0.25) is 0 Å². The van der Waals surface area contributed by atoms with E-state index in [1.54, 1.807) is 23.1 Å². The Balaban J connectivity index is 1.69. The average Bonchev–Trinajstić information content (AvgIpc) is 2.86. The SMILES string of the molecule is c1cn2nccc2c(OCC2CNCCO2)n1. The minimum absolute atomic E-state index is 0.0914. The molecule has 2 aromatic rings. The van der Waals surface area contributed by atoms with Crippen LogP contribution in [-0.2, 0) is 4.74 Å². The summed E-state index contributed by atoms with van der Waals surface area (Å²) in [4.78, 5) is 4.20. The van der Waals surface area contributed by atoms with E-state index in [4.69, 9.17) is 9.47 Å². The third-order valence-electron chi connectivity index (χ3n) is 2.70. The first-order valence-electron chi connectivity index (χ1n) is 5.67. The van der Waals surface area contributed by atoms with Crippen LogP contribution in [0.3, 0.4) is 0 Å². The summed E-state index contributed by atoms with van der Waals surface area (Å²) in [6, 6.07) is 1.88. The van der Waals surface area contributed by atoms with Gasteiger partial charge in [0.2, 0.25) is 5.88 Å². The second-order valence-corrected chi connectivity index (χ2v) is 3.90. The molecule has 1 aliphatic rings. The van der Waals surface area contributed by atoms with Crippen LogP contribution >= 0.6 is 0 Å². The first kappa shape index (κ1) is 10.5. The van der Waals surface area contributed by atoms with Gasteiger partial charge in [0, 0.05) is 25.5 Å². The predicted molar refractivity (Wildman–Crippen MR) is 61.1 cm³/mol. The van der Waals surface area contributed by atoms with Crippen molar-refractivity contribution in [2.24, 2.45) is 0 Å². The van der Waals surface area contributed by atoms with Gasteiger partial charge in [-0.1, -0.05) is 0 Å². The van der Waals surface area contributed by atoms with E-state index >= 15 is 0 Å². The van der Waals surface area contributed by atoms with Gasteiger partial charge in [0.15, 0.2) is 0 Å². The molecule has 1 atom stereocenters. The van der Waals surface area contributed by atoms with Crippen molar-refractivity contribution in [3.63, 3.8) is 0 Å². The summed E-state index contributed by atoms with van der Waals surface area (Å²) in [6.45, 7) is 2.97. The molecular formula is C11H14N4O2. The molecule has 1 N–H and O–H groups in total. The number of hydrogen-bond donors (Lipinski definition) is 1. The zero-order chi connectivity index (χ0) is 11.5. The second-order valence-electron chi connectivity index (χ2n) is 3.90. The van der Waals surface area contributed by atoms with Gasteiger partial charge >= 0.3 is 0 Å². The van der Waals surface area contributed by atoms with Crippen molar-refractivity contribution in [3.05, 3.63) is 24.7 Å².